The molecule has 1 rings (SSSR count). The third kappa shape index (κ3) is 4.31. The van der Waals surface area contributed by atoms with E-state index in [1.165, 1.54) is 30.6 Å². The van der Waals surface area contributed by atoms with Gasteiger partial charge in [-0.1, -0.05) is 55.8 Å². The third-order valence-electron chi connectivity index (χ3n) is 2.37. The van der Waals surface area contributed by atoms with Gasteiger partial charge in [-0.25, -0.2) is 0 Å². The first kappa shape index (κ1) is 13.3. The number of thiophene rings is 1. The Labute approximate surface area is 105 Å². The molecule has 4 heteroatoms. The van der Waals surface area contributed by atoms with E-state index in [0.717, 1.165) is 18.4 Å². The van der Waals surface area contributed by atoms with E-state index in [0.29, 0.717) is 8.67 Å². The van der Waals surface area contributed by atoms with Crippen molar-refractivity contribution in [2.24, 2.45) is 0 Å². The van der Waals surface area contributed by atoms with E-state index in [4.69, 9.17) is 23.2 Å². The van der Waals surface area contributed by atoms with Crippen LogP contribution in [0.2, 0.25) is 8.67 Å². The number of hydrogen-bond donors (Lipinski definition) is 1. The molecule has 86 valence electrons. The van der Waals surface area contributed by atoms with Crippen molar-refractivity contribution in [1.29, 1.82) is 0 Å². The molecule has 0 radical (unpaired) electrons. The van der Waals surface area contributed by atoms with Gasteiger partial charge in [0.05, 0.1) is 10.4 Å². The van der Waals surface area contributed by atoms with Crippen molar-refractivity contribution in [1.82, 2.24) is 0 Å². The van der Waals surface area contributed by atoms with Gasteiger partial charge < -0.3 is 5.11 Å². The van der Waals surface area contributed by atoms with Crippen LogP contribution >= 0.6 is 34.5 Å². The Kier molecular flexibility index (Phi) is 5.98. The summed E-state index contributed by atoms with van der Waals surface area (Å²) < 4.78 is 1.26. The quantitative estimate of drug-likeness (QED) is 0.714. The van der Waals surface area contributed by atoms with Crippen LogP contribution in [-0.2, 0) is 0 Å². The molecule has 0 spiro atoms. The summed E-state index contributed by atoms with van der Waals surface area (Å²) in [6, 6.07) is 1.76. The molecule has 0 aliphatic carbocycles. The standard InChI is InChI=1S/C11H16Cl2OS/c1-2-3-4-5-6-9(14)8-7-10(12)15-11(8)13/h7,9,14H,2-6H2,1H3. The van der Waals surface area contributed by atoms with Crippen LogP contribution in [0.5, 0.6) is 0 Å². The van der Waals surface area contributed by atoms with E-state index in [9.17, 15) is 5.11 Å². The average Bonchev–Trinajstić information content (AvgIpc) is 2.52. The van der Waals surface area contributed by atoms with Gasteiger partial charge in [0.15, 0.2) is 0 Å². The first-order valence-corrected chi connectivity index (χ1v) is 6.85. The minimum absolute atomic E-state index is 0.460. The van der Waals surface area contributed by atoms with Crippen molar-refractivity contribution in [3.63, 3.8) is 0 Å². The maximum Gasteiger partial charge on any atom is 0.100 e. The monoisotopic (exact) mass is 266 g/mol. The Morgan fingerprint density at radius 1 is 1.33 bits per heavy atom. The Morgan fingerprint density at radius 2 is 2.07 bits per heavy atom. The number of hydrogen-bond acceptors (Lipinski definition) is 2. The molecule has 1 unspecified atom stereocenters. The number of aliphatic hydroxyl groups excluding tert-OH is 1. The van der Waals surface area contributed by atoms with Gasteiger partial charge in [-0.15, -0.1) is 11.3 Å². The minimum Gasteiger partial charge on any atom is -0.388 e. The van der Waals surface area contributed by atoms with Crippen LogP contribution in [0.15, 0.2) is 6.07 Å². The van der Waals surface area contributed by atoms with Crippen LogP contribution < -0.4 is 0 Å². The maximum atomic E-state index is 9.88. The average molecular weight is 267 g/mol. The van der Waals surface area contributed by atoms with Crippen molar-refractivity contribution < 1.29 is 5.11 Å². The van der Waals surface area contributed by atoms with E-state index in [2.05, 4.69) is 6.92 Å². The molecule has 0 aliphatic rings. The van der Waals surface area contributed by atoms with E-state index < -0.39 is 6.10 Å². The summed E-state index contributed by atoms with van der Waals surface area (Å²) in [4.78, 5) is 0. The lowest BCUT2D eigenvalue weighted by Gasteiger charge is -2.08. The Hall–Kier alpha value is 0.240. The summed E-state index contributed by atoms with van der Waals surface area (Å²) >= 11 is 13.1. The summed E-state index contributed by atoms with van der Waals surface area (Å²) in [5.41, 5.74) is 0.781. The summed E-state index contributed by atoms with van der Waals surface area (Å²) in [6.07, 6.45) is 4.96. The molecule has 0 bridgehead atoms. The molecule has 0 aliphatic heterocycles. The molecule has 0 fully saturated rings. The van der Waals surface area contributed by atoms with Gasteiger partial charge in [0.2, 0.25) is 0 Å². The third-order valence-corrected chi connectivity index (χ3v) is 3.89. The van der Waals surface area contributed by atoms with Gasteiger partial charge in [-0.05, 0) is 12.5 Å². The largest absolute Gasteiger partial charge is 0.388 e. The van der Waals surface area contributed by atoms with Crippen molar-refractivity contribution >= 4 is 34.5 Å². The van der Waals surface area contributed by atoms with E-state index >= 15 is 0 Å². The van der Waals surface area contributed by atoms with E-state index in [1.807, 2.05) is 0 Å². The zero-order valence-corrected chi connectivity index (χ0v) is 11.1. The Bertz CT molecular complexity index is 299. The van der Waals surface area contributed by atoms with Gasteiger partial charge >= 0.3 is 0 Å². The van der Waals surface area contributed by atoms with Crippen LogP contribution in [0, 0.1) is 0 Å². The Balaban J connectivity index is 2.39. The fourth-order valence-corrected chi connectivity index (χ4v) is 3.07. The van der Waals surface area contributed by atoms with Gasteiger partial charge in [0.25, 0.3) is 0 Å². The fourth-order valence-electron chi connectivity index (χ4n) is 1.50. The highest BCUT2D eigenvalue weighted by Gasteiger charge is 2.14. The summed E-state index contributed by atoms with van der Waals surface area (Å²) in [5.74, 6) is 0. The molecule has 1 aromatic rings. The highest BCUT2D eigenvalue weighted by atomic mass is 35.5. The highest BCUT2D eigenvalue weighted by Crippen LogP contribution is 2.36. The van der Waals surface area contributed by atoms with Crippen LogP contribution in [0.25, 0.3) is 0 Å². The topological polar surface area (TPSA) is 20.2 Å². The molecule has 0 aromatic carbocycles. The lowest BCUT2D eigenvalue weighted by molar-refractivity contribution is 0.164. The molecule has 0 saturated carbocycles. The molecule has 1 N–H and O–H groups in total. The summed E-state index contributed by atoms with van der Waals surface area (Å²) in [5, 5.41) is 9.88. The normalized spacial score (nSPS) is 13.1. The molecule has 1 heterocycles. The van der Waals surface area contributed by atoms with Gasteiger partial charge in [-0.3, -0.25) is 0 Å². The van der Waals surface area contributed by atoms with Crippen molar-refractivity contribution in [2.45, 2.75) is 45.1 Å². The lowest BCUT2D eigenvalue weighted by Crippen LogP contribution is -1.96. The molecule has 0 saturated heterocycles. The fraction of sp³-hybridized carbons (Fsp3) is 0.636. The molecule has 1 aromatic heterocycles. The van der Waals surface area contributed by atoms with Crippen molar-refractivity contribution in [2.75, 3.05) is 0 Å². The van der Waals surface area contributed by atoms with Gasteiger partial charge in [0.1, 0.15) is 4.34 Å². The molecule has 0 amide bonds. The molecular formula is C11H16Cl2OS. The Morgan fingerprint density at radius 3 is 2.60 bits per heavy atom. The van der Waals surface area contributed by atoms with Crippen LogP contribution in [0.3, 0.4) is 0 Å². The number of aliphatic hydroxyl groups is 1. The predicted octanol–water partition coefficient (Wildman–Crippen LogP) is 5.06. The second-order valence-corrected chi connectivity index (χ2v) is 5.93. The zero-order valence-electron chi connectivity index (χ0n) is 8.80. The lowest BCUT2D eigenvalue weighted by atomic mass is 10.1. The van der Waals surface area contributed by atoms with E-state index in [1.54, 1.807) is 6.07 Å². The molecule has 15 heavy (non-hydrogen) atoms. The summed E-state index contributed by atoms with van der Waals surface area (Å²) in [6.45, 7) is 2.17. The summed E-state index contributed by atoms with van der Waals surface area (Å²) in [7, 11) is 0. The minimum atomic E-state index is -0.460. The van der Waals surface area contributed by atoms with Gasteiger partial charge in [0, 0.05) is 5.56 Å². The molecule has 1 nitrogen and oxygen atoms in total. The first-order chi connectivity index (χ1) is 7.15. The second kappa shape index (κ2) is 6.74. The van der Waals surface area contributed by atoms with E-state index in [-0.39, 0.29) is 0 Å². The SMILES string of the molecule is CCCCCCC(O)c1cc(Cl)sc1Cl. The molecular weight excluding hydrogens is 251 g/mol. The number of halogens is 2. The second-order valence-electron chi connectivity index (χ2n) is 3.64. The van der Waals surface area contributed by atoms with Crippen molar-refractivity contribution in [3.8, 4) is 0 Å². The van der Waals surface area contributed by atoms with Crippen molar-refractivity contribution in [3.05, 3.63) is 20.3 Å². The molecule has 1 atom stereocenters. The zero-order chi connectivity index (χ0) is 11.3. The smallest absolute Gasteiger partial charge is 0.100 e. The highest BCUT2D eigenvalue weighted by molar-refractivity contribution is 7.20. The van der Waals surface area contributed by atoms with Crippen LogP contribution in [0.1, 0.15) is 50.7 Å². The maximum absolute atomic E-state index is 9.88. The number of unbranched alkanes of at least 4 members (excludes halogenated alkanes) is 3. The van der Waals surface area contributed by atoms with Crippen LogP contribution in [-0.4, -0.2) is 5.11 Å². The van der Waals surface area contributed by atoms with Crippen LogP contribution in [0.4, 0.5) is 0 Å². The first-order valence-electron chi connectivity index (χ1n) is 5.28. The number of rotatable bonds is 6. The van der Waals surface area contributed by atoms with Gasteiger partial charge in [-0.2, -0.15) is 0 Å². The predicted molar refractivity (Wildman–Crippen MR) is 68.1 cm³/mol.